The number of hydrogen-bond donors (Lipinski definition) is 1. The Balaban J connectivity index is 1.55. The Morgan fingerprint density at radius 2 is 2.12 bits per heavy atom. The van der Waals surface area contributed by atoms with E-state index in [9.17, 15) is 0 Å². The van der Waals surface area contributed by atoms with Gasteiger partial charge in [0, 0.05) is 45.8 Å². The third kappa shape index (κ3) is 3.87. The summed E-state index contributed by atoms with van der Waals surface area (Å²) in [6.45, 7) is 8.15. The summed E-state index contributed by atoms with van der Waals surface area (Å²) in [7, 11) is 2.20. The number of thiophene rings is 1. The molecule has 90 valence electrons. The first-order valence-corrected chi connectivity index (χ1v) is 6.91. The fourth-order valence-electron chi connectivity index (χ4n) is 1.93. The summed E-state index contributed by atoms with van der Waals surface area (Å²) in [5, 5.41) is 7.85. The summed E-state index contributed by atoms with van der Waals surface area (Å²) >= 11 is 1.77. The molecule has 1 saturated heterocycles. The number of piperazine rings is 1. The molecule has 1 aliphatic heterocycles. The zero-order valence-corrected chi connectivity index (χ0v) is 10.8. The normalized spacial score (nSPS) is 19.1. The first-order valence-electron chi connectivity index (χ1n) is 5.97. The molecule has 0 saturated carbocycles. The minimum atomic E-state index is 1.01. The quantitative estimate of drug-likeness (QED) is 0.776. The topological polar surface area (TPSA) is 18.5 Å². The van der Waals surface area contributed by atoms with E-state index in [2.05, 4.69) is 39.0 Å². The van der Waals surface area contributed by atoms with Crippen LogP contribution in [-0.2, 0) is 6.54 Å². The lowest BCUT2D eigenvalue weighted by Gasteiger charge is -2.32. The van der Waals surface area contributed by atoms with E-state index in [4.69, 9.17) is 0 Å². The zero-order chi connectivity index (χ0) is 11.2. The van der Waals surface area contributed by atoms with E-state index >= 15 is 0 Å². The molecule has 1 N–H and O–H groups in total. The molecule has 0 spiro atoms. The molecule has 0 radical (unpaired) electrons. The van der Waals surface area contributed by atoms with Gasteiger partial charge < -0.3 is 10.2 Å². The van der Waals surface area contributed by atoms with Gasteiger partial charge in [-0.25, -0.2) is 0 Å². The maximum atomic E-state index is 3.50. The second kappa shape index (κ2) is 6.35. The van der Waals surface area contributed by atoms with Crippen molar-refractivity contribution in [2.45, 2.75) is 6.54 Å². The highest BCUT2D eigenvalue weighted by Gasteiger charge is 2.12. The van der Waals surface area contributed by atoms with Crippen LogP contribution in [0.4, 0.5) is 0 Å². The molecule has 1 aliphatic rings. The van der Waals surface area contributed by atoms with Crippen molar-refractivity contribution in [2.24, 2.45) is 0 Å². The Kier molecular flexibility index (Phi) is 4.78. The number of likely N-dealkylation sites (N-methyl/N-ethyl adjacent to an activating group) is 1. The maximum Gasteiger partial charge on any atom is 0.0214 e. The summed E-state index contributed by atoms with van der Waals surface area (Å²) in [5.41, 5.74) is 1.41. The molecule has 1 aromatic rings. The van der Waals surface area contributed by atoms with Crippen LogP contribution in [0.2, 0.25) is 0 Å². The van der Waals surface area contributed by atoms with Crippen molar-refractivity contribution in [1.82, 2.24) is 15.1 Å². The van der Waals surface area contributed by atoms with E-state index in [1.54, 1.807) is 11.3 Å². The highest BCUT2D eigenvalue weighted by Crippen LogP contribution is 2.04. The Morgan fingerprint density at radius 3 is 2.81 bits per heavy atom. The van der Waals surface area contributed by atoms with E-state index in [0.717, 1.165) is 13.1 Å². The molecule has 2 rings (SSSR count). The average molecular weight is 239 g/mol. The maximum absolute atomic E-state index is 3.50. The van der Waals surface area contributed by atoms with Gasteiger partial charge in [-0.2, -0.15) is 11.3 Å². The molecule has 0 unspecified atom stereocenters. The van der Waals surface area contributed by atoms with E-state index in [0.29, 0.717) is 0 Å². The molecule has 4 heteroatoms. The van der Waals surface area contributed by atoms with Crippen LogP contribution in [0.5, 0.6) is 0 Å². The van der Waals surface area contributed by atoms with Crippen LogP contribution in [0.3, 0.4) is 0 Å². The second-order valence-corrected chi connectivity index (χ2v) is 5.23. The lowest BCUT2D eigenvalue weighted by molar-refractivity contribution is 0.154. The monoisotopic (exact) mass is 239 g/mol. The zero-order valence-electron chi connectivity index (χ0n) is 9.98. The molecule has 3 nitrogen and oxygen atoms in total. The molecule has 1 aromatic heterocycles. The van der Waals surface area contributed by atoms with Crippen LogP contribution in [0.25, 0.3) is 0 Å². The minimum Gasteiger partial charge on any atom is -0.311 e. The van der Waals surface area contributed by atoms with Crippen molar-refractivity contribution in [1.29, 1.82) is 0 Å². The molecule has 16 heavy (non-hydrogen) atoms. The number of hydrogen-bond acceptors (Lipinski definition) is 4. The first kappa shape index (κ1) is 12.0. The number of nitrogens with zero attached hydrogens (tertiary/aromatic N) is 2. The summed E-state index contributed by atoms with van der Waals surface area (Å²) in [6.07, 6.45) is 0. The van der Waals surface area contributed by atoms with Crippen LogP contribution >= 0.6 is 11.3 Å². The van der Waals surface area contributed by atoms with Gasteiger partial charge >= 0.3 is 0 Å². The average Bonchev–Trinajstić information content (AvgIpc) is 2.80. The van der Waals surface area contributed by atoms with Crippen molar-refractivity contribution in [3.8, 4) is 0 Å². The molecule has 0 aromatic carbocycles. The smallest absolute Gasteiger partial charge is 0.0214 e. The number of nitrogens with one attached hydrogen (secondary N) is 1. The van der Waals surface area contributed by atoms with Gasteiger partial charge in [-0.15, -0.1) is 0 Å². The number of rotatable bonds is 5. The van der Waals surface area contributed by atoms with Crippen molar-refractivity contribution >= 4 is 11.3 Å². The molecule has 2 heterocycles. The van der Waals surface area contributed by atoms with Crippen LogP contribution in [0, 0.1) is 0 Å². The van der Waals surface area contributed by atoms with E-state index in [1.165, 1.54) is 38.3 Å². The van der Waals surface area contributed by atoms with Gasteiger partial charge in [0.2, 0.25) is 0 Å². The summed E-state index contributed by atoms with van der Waals surface area (Å²) in [4.78, 5) is 4.94. The predicted octanol–water partition coefficient (Wildman–Crippen LogP) is 1.09. The second-order valence-electron chi connectivity index (χ2n) is 4.45. The van der Waals surface area contributed by atoms with Crippen LogP contribution in [0.15, 0.2) is 16.8 Å². The fraction of sp³-hybridized carbons (Fsp3) is 0.667. The van der Waals surface area contributed by atoms with Crippen molar-refractivity contribution < 1.29 is 0 Å². The van der Waals surface area contributed by atoms with E-state index in [1.807, 2.05) is 0 Å². The SMILES string of the molecule is CN1CCN(CCNCc2ccsc2)CC1. The molecule has 0 bridgehead atoms. The highest BCUT2D eigenvalue weighted by molar-refractivity contribution is 7.07. The fourth-order valence-corrected chi connectivity index (χ4v) is 2.60. The van der Waals surface area contributed by atoms with Crippen molar-refractivity contribution in [3.05, 3.63) is 22.4 Å². The third-order valence-corrected chi connectivity index (χ3v) is 3.84. The van der Waals surface area contributed by atoms with E-state index < -0.39 is 0 Å². The van der Waals surface area contributed by atoms with Crippen LogP contribution in [0.1, 0.15) is 5.56 Å². The summed E-state index contributed by atoms with van der Waals surface area (Å²) in [6, 6.07) is 2.19. The molecule has 0 aliphatic carbocycles. The Labute approximate surface area is 102 Å². The predicted molar refractivity (Wildman–Crippen MR) is 70.0 cm³/mol. The van der Waals surface area contributed by atoms with Crippen LogP contribution in [-0.4, -0.2) is 56.1 Å². The van der Waals surface area contributed by atoms with E-state index in [-0.39, 0.29) is 0 Å². The molecule has 1 fully saturated rings. The van der Waals surface area contributed by atoms with Crippen molar-refractivity contribution in [3.63, 3.8) is 0 Å². The minimum absolute atomic E-state index is 1.01. The Bertz CT molecular complexity index is 278. The summed E-state index contributed by atoms with van der Waals surface area (Å²) in [5.74, 6) is 0. The van der Waals surface area contributed by atoms with Gasteiger partial charge in [-0.05, 0) is 29.4 Å². The van der Waals surface area contributed by atoms with Gasteiger partial charge in [0.1, 0.15) is 0 Å². The first-order chi connectivity index (χ1) is 7.84. The highest BCUT2D eigenvalue weighted by atomic mass is 32.1. The Morgan fingerprint density at radius 1 is 1.31 bits per heavy atom. The summed E-state index contributed by atoms with van der Waals surface area (Å²) < 4.78 is 0. The lowest BCUT2D eigenvalue weighted by Crippen LogP contribution is -2.46. The third-order valence-electron chi connectivity index (χ3n) is 3.11. The Hall–Kier alpha value is -0.420. The lowest BCUT2D eigenvalue weighted by atomic mass is 10.3. The molecule has 0 atom stereocenters. The van der Waals surface area contributed by atoms with Crippen LogP contribution < -0.4 is 5.32 Å². The largest absolute Gasteiger partial charge is 0.311 e. The van der Waals surface area contributed by atoms with Gasteiger partial charge in [0.25, 0.3) is 0 Å². The van der Waals surface area contributed by atoms with Gasteiger partial charge in [0.15, 0.2) is 0 Å². The molecule has 0 amide bonds. The molecular weight excluding hydrogens is 218 g/mol. The molecular formula is C12H21N3S. The van der Waals surface area contributed by atoms with Gasteiger partial charge in [-0.3, -0.25) is 4.90 Å². The standard InChI is InChI=1S/C12H21N3S/c1-14-5-7-15(8-6-14)4-3-13-10-12-2-9-16-11-12/h2,9,11,13H,3-8,10H2,1H3. The van der Waals surface area contributed by atoms with Gasteiger partial charge in [-0.1, -0.05) is 0 Å². The van der Waals surface area contributed by atoms with Gasteiger partial charge in [0.05, 0.1) is 0 Å². The van der Waals surface area contributed by atoms with Crippen molar-refractivity contribution in [2.75, 3.05) is 46.3 Å².